The first-order valence-corrected chi connectivity index (χ1v) is 5.14. The van der Waals surface area contributed by atoms with Gasteiger partial charge in [-0.05, 0) is 12.1 Å². The first kappa shape index (κ1) is 12.9. The number of hydrogen-bond acceptors (Lipinski definition) is 3. The lowest BCUT2D eigenvalue weighted by atomic mass is 10.2. The van der Waals surface area contributed by atoms with Crippen LogP contribution in [-0.4, -0.2) is 40.0 Å². The van der Waals surface area contributed by atoms with Gasteiger partial charge in [0, 0.05) is 18.4 Å². The average molecular weight is 234 g/mol. The van der Waals surface area contributed by atoms with Crippen LogP contribution in [0.15, 0.2) is 37.1 Å². The lowest BCUT2D eigenvalue weighted by Gasteiger charge is -2.18. The minimum absolute atomic E-state index is 0.0992. The van der Waals surface area contributed by atoms with Gasteiger partial charge in [-0.2, -0.15) is 0 Å². The van der Waals surface area contributed by atoms with E-state index in [1.165, 1.54) is 11.0 Å². The molecule has 5 heteroatoms. The van der Waals surface area contributed by atoms with Gasteiger partial charge in [-0.3, -0.25) is 14.6 Å². The van der Waals surface area contributed by atoms with Gasteiger partial charge in [0.15, 0.2) is 0 Å². The van der Waals surface area contributed by atoms with E-state index in [-0.39, 0.29) is 25.4 Å². The molecule has 1 aromatic heterocycles. The predicted octanol–water partition coefficient (Wildman–Crippen LogP) is 0.723. The number of pyridine rings is 1. The molecule has 0 radical (unpaired) electrons. The summed E-state index contributed by atoms with van der Waals surface area (Å²) in [5.41, 5.74) is 0.622. The van der Waals surface area contributed by atoms with Gasteiger partial charge in [0.1, 0.15) is 6.54 Å². The van der Waals surface area contributed by atoms with Gasteiger partial charge < -0.3 is 10.0 Å². The van der Waals surface area contributed by atoms with E-state index in [1.807, 2.05) is 0 Å². The highest BCUT2D eigenvalue weighted by Crippen LogP contribution is 2.00. The van der Waals surface area contributed by atoms with E-state index < -0.39 is 5.97 Å². The molecule has 1 N–H and O–H groups in total. The normalized spacial score (nSPS) is 9.65. The molecular weight excluding hydrogens is 220 g/mol. The van der Waals surface area contributed by atoms with E-state index in [0.717, 1.165) is 0 Å². The number of aliphatic carboxylic acids is 1. The maximum absolute atomic E-state index is 11.8. The van der Waals surface area contributed by atoms with E-state index in [4.69, 9.17) is 5.11 Å². The van der Waals surface area contributed by atoms with Crippen LogP contribution in [0.4, 0.5) is 0 Å². The van der Waals surface area contributed by atoms with Crippen molar-refractivity contribution in [2.24, 2.45) is 0 Å². The summed E-state index contributed by atoms with van der Waals surface area (Å²) in [6.45, 7) is 3.39. The smallest absolute Gasteiger partial charge is 0.323 e. The Morgan fingerprint density at radius 1 is 1.47 bits per heavy atom. The van der Waals surface area contributed by atoms with Gasteiger partial charge in [0.05, 0.1) is 6.42 Å². The largest absolute Gasteiger partial charge is 0.480 e. The van der Waals surface area contributed by atoms with Gasteiger partial charge >= 0.3 is 5.97 Å². The molecule has 1 rings (SSSR count). The predicted molar refractivity (Wildman–Crippen MR) is 62.4 cm³/mol. The number of rotatable bonds is 6. The van der Waals surface area contributed by atoms with Crippen molar-refractivity contribution in [3.8, 4) is 0 Å². The summed E-state index contributed by atoms with van der Waals surface area (Å²) in [6, 6.07) is 5.27. The fourth-order valence-corrected chi connectivity index (χ4v) is 1.34. The second-order valence-corrected chi connectivity index (χ2v) is 3.45. The van der Waals surface area contributed by atoms with Crippen LogP contribution >= 0.6 is 0 Å². The molecule has 0 fully saturated rings. The molecule has 1 heterocycles. The van der Waals surface area contributed by atoms with Crippen LogP contribution in [0.1, 0.15) is 5.69 Å². The molecule has 1 amide bonds. The Morgan fingerprint density at radius 2 is 2.24 bits per heavy atom. The molecule has 17 heavy (non-hydrogen) atoms. The minimum atomic E-state index is -1.04. The molecular formula is C12H14N2O3. The Hall–Kier alpha value is -2.17. The zero-order chi connectivity index (χ0) is 12.7. The number of carbonyl (C=O) groups is 2. The van der Waals surface area contributed by atoms with E-state index >= 15 is 0 Å². The molecule has 0 spiro atoms. The Balaban J connectivity index is 2.65. The molecule has 0 aliphatic rings. The van der Waals surface area contributed by atoms with Crippen molar-refractivity contribution in [1.29, 1.82) is 0 Å². The SMILES string of the molecule is C=CCN(CC(=O)O)C(=O)Cc1ccccn1. The molecule has 0 aliphatic carbocycles. The van der Waals surface area contributed by atoms with Crippen molar-refractivity contribution in [3.05, 3.63) is 42.7 Å². The molecule has 0 bridgehead atoms. The molecule has 0 aliphatic heterocycles. The molecule has 0 unspecified atom stereocenters. The van der Waals surface area contributed by atoms with Crippen LogP contribution in [-0.2, 0) is 16.0 Å². The highest BCUT2D eigenvalue weighted by atomic mass is 16.4. The standard InChI is InChI=1S/C12H14N2O3/c1-2-7-14(9-12(16)17)11(15)8-10-5-3-4-6-13-10/h2-6H,1,7-9H2,(H,16,17). The summed E-state index contributed by atoms with van der Waals surface area (Å²) >= 11 is 0. The van der Waals surface area contributed by atoms with Gasteiger partial charge in [-0.25, -0.2) is 0 Å². The number of carboxylic acid groups (broad SMARTS) is 1. The van der Waals surface area contributed by atoms with E-state index in [1.54, 1.807) is 24.4 Å². The van der Waals surface area contributed by atoms with Crippen molar-refractivity contribution in [3.63, 3.8) is 0 Å². The maximum atomic E-state index is 11.8. The van der Waals surface area contributed by atoms with Crippen LogP contribution < -0.4 is 0 Å². The summed E-state index contributed by atoms with van der Waals surface area (Å²) in [7, 11) is 0. The third-order valence-electron chi connectivity index (χ3n) is 2.09. The molecule has 0 saturated heterocycles. The number of carboxylic acids is 1. The van der Waals surface area contributed by atoms with Gasteiger partial charge in [0.2, 0.25) is 5.91 Å². The van der Waals surface area contributed by atoms with Crippen LogP contribution in [0.3, 0.4) is 0 Å². The van der Waals surface area contributed by atoms with Crippen LogP contribution in [0.25, 0.3) is 0 Å². The van der Waals surface area contributed by atoms with E-state index in [9.17, 15) is 9.59 Å². The Morgan fingerprint density at radius 3 is 2.76 bits per heavy atom. The van der Waals surface area contributed by atoms with E-state index in [0.29, 0.717) is 5.69 Å². The lowest BCUT2D eigenvalue weighted by Crippen LogP contribution is -2.36. The first-order chi connectivity index (χ1) is 8.13. The molecule has 5 nitrogen and oxygen atoms in total. The third-order valence-corrected chi connectivity index (χ3v) is 2.09. The number of nitrogens with zero attached hydrogens (tertiary/aromatic N) is 2. The van der Waals surface area contributed by atoms with E-state index in [2.05, 4.69) is 11.6 Å². The summed E-state index contributed by atoms with van der Waals surface area (Å²) < 4.78 is 0. The van der Waals surface area contributed by atoms with Gasteiger partial charge in [-0.15, -0.1) is 6.58 Å². The number of aromatic nitrogens is 1. The average Bonchev–Trinajstić information content (AvgIpc) is 2.29. The molecule has 1 aromatic rings. The topological polar surface area (TPSA) is 70.5 Å². The third kappa shape index (κ3) is 4.46. The zero-order valence-corrected chi connectivity index (χ0v) is 9.37. The monoisotopic (exact) mass is 234 g/mol. The Kier molecular flexibility index (Phi) is 4.87. The lowest BCUT2D eigenvalue weighted by molar-refractivity contribution is -0.143. The summed E-state index contributed by atoms with van der Waals surface area (Å²) in [5.74, 6) is -1.31. The van der Waals surface area contributed by atoms with Gasteiger partial charge in [-0.1, -0.05) is 12.1 Å². The highest BCUT2D eigenvalue weighted by Gasteiger charge is 2.15. The van der Waals surface area contributed by atoms with Crippen molar-refractivity contribution in [2.75, 3.05) is 13.1 Å². The maximum Gasteiger partial charge on any atom is 0.323 e. The number of hydrogen-bond donors (Lipinski definition) is 1. The molecule has 0 saturated carbocycles. The Labute approximate surface area is 99.4 Å². The fourth-order valence-electron chi connectivity index (χ4n) is 1.34. The number of amides is 1. The summed E-state index contributed by atoms with van der Waals surface area (Å²) in [4.78, 5) is 27.7. The molecule has 90 valence electrons. The van der Waals surface area contributed by atoms with Crippen molar-refractivity contribution in [1.82, 2.24) is 9.88 Å². The quantitative estimate of drug-likeness (QED) is 0.736. The van der Waals surface area contributed by atoms with Crippen LogP contribution in [0, 0.1) is 0 Å². The zero-order valence-electron chi connectivity index (χ0n) is 9.37. The summed E-state index contributed by atoms with van der Waals surface area (Å²) in [5, 5.41) is 8.68. The second-order valence-electron chi connectivity index (χ2n) is 3.45. The minimum Gasteiger partial charge on any atom is -0.480 e. The highest BCUT2D eigenvalue weighted by molar-refractivity contribution is 5.82. The van der Waals surface area contributed by atoms with Crippen molar-refractivity contribution in [2.45, 2.75) is 6.42 Å². The fraction of sp³-hybridized carbons (Fsp3) is 0.250. The second kappa shape index (κ2) is 6.42. The number of carbonyl (C=O) groups excluding carboxylic acids is 1. The van der Waals surface area contributed by atoms with Crippen molar-refractivity contribution < 1.29 is 14.7 Å². The van der Waals surface area contributed by atoms with Crippen LogP contribution in [0.2, 0.25) is 0 Å². The Bertz CT molecular complexity index is 403. The van der Waals surface area contributed by atoms with Crippen LogP contribution in [0.5, 0.6) is 0 Å². The first-order valence-electron chi connectivity index (χ1n) is 5.14. The molecule has 0 atom stereocenters. The van der Waals surface area contributed by atoms with Crippen molar-refractivity contribution >= 4 is 11.9 Å². The molecule has 0 aromatic carbocycles. The summed E-state index contributed by atoms with van der Waals surface area (Å²) in [6.07, 6.45) is 3.19. The van der Waals surface area contributed by atoms with Gasteiger partial charge in [0.25, 0.3) is 0 Å².